The molecule has 1 aliphatic carbocycles. The number of morpholine rings is 1. The van der Waals surface area contributed by atoms with E-state index in [0.717, 1.165) is 63.8 Å². The number of benzene rings is 1. The summed E-state index contributed by atoms with van der Waals surface area (Å²) in [5.41, 5.74) is 10.8. The summed E-state index contributed by atoms with van der Waals surface area (Å²) < 4.78 is 5.45. The minimum atomic E-state index is -0.385. The van der Waals surface area contributed by atoms with E-state index in [1.54, 1.807) is 23.3 Å². The molecule has 1 unspecified atom stereocenters. The molecule has 2 N–H and O–H groups in total. The van der Waals surface area contributed by atoms with Gasteiger partial charge in [-0.2, -0.15) is 0 Å². The van der Waals surface area contributed by atoms with Crippen LogP contribution in [0.2, 0.25) is 0 Å². The minimum Gasteiger partial charge on any atom is -0.378 e. The van der Waals surface area contributed by atoms with E-state index in [1.807, 2.05) is 6.20 Å². The number of amides is 2. The number of aromatic nitrogens is 1. The average molecular weight is 466 g/mol. The van der Waals surface area contributed by atoms with E-state index >= 15 is 0 Å². The second-order valence-electron chi connectivity index (χ2n) is 8.93. The number of thiazole rings is 1. The number of carbonyl (C=O) groups excluding carboxylic acids is 1. The molecular weight excluding hydrogens is 434 g/mol. The van der Waals surface area contributed by atoms with E-state index in [9.17, 15) is 4.79 Å². The zero-order valence-electron chi connectivity index (χ0n) is 19.1. The van der Waals surface area contributed by atoms with E-state index in [-0.39, 0.29) is 12.1 Å². The Hall–Kier alpha value is -2.84. The number of anilines is 2. The molecule has 0 radical (unpaired) electrons. The Morgan fingerprint density at radius 2 is 2.00 bits per heavy atom. The zero-order valence-corrected chi connectivity index (χ0v) is 19.9. The summed E-state index contributed by atoms with van der Waals surface area (Å²) in [7, 11) is 1.77. The van der Waals surface area contributed by atoms with Crippen molar-refractivity contribution in [2.24, 2.45) is 5.73 Å². The molecule has 1 aromatic carbocycles. The third kappa shape index (κ3) is 4.91. The van der Waals surface area contributed by atoms with Crippen LogP contribution in [-0.2, 0) is 11.2 Å². The van der Waals surface area contributed by atoms with Gasteiger partial charge in [-0.1, -0.05) is 24.3 Å². The van der Waals surface area contributed by atoms with Gasteiger partial charge in [-0.15, -0.1) is 11.3 Å². The molecule has 174 valence electrons. The van der Waals surface area contributed by atoms with Crippen LogP contribution < -0.4 is 15.5 Å². The lowest BCUT2D eigenvalue weighted by Gasteiger charge is -2.35. The molecule has 0 spiro atoms. The number of nitrogens with zero attached hydrogens (tertiary/aromatic N) is 4. The Balaban J connectivity index is 1.21. The van der Waals surface area contributed by atoms with E-state index in [0.29, 0.717) is 0 Å². The Kier molecular flexibility index (Phi) is 6.37. The predicted molar refractivity (Wildman–Crippen MR) is 133 cm³/mol. The molecule has 7 nitrogen and oxygen atoms in total. The Labute approximate surface area is 199 Å². The van der Waals surface area contributed by atoms with Crippen LogP contribution in [0.4, 0.5) is 15.6 Å². The summed E-state index contributed by atoms with van der Waals surface area (Å²) in [5, 5.41) is 1.08. The minimum absolute atomic E-state index is 0.0356. The monoisotopic (exact) mass is 465 g/mol. The molecule has 3 aliphatic rings. The van der Waals surface area contributed by atoms with Crippen LogP contribution in [0.3, 0.4) is 0 Å². The second kappa shape index (κ2) is 9.57. The lowest BCUT2D eigenvalue weighted by Crippen LogP contribution is -2.42. The predicted octanol–water partition coefficient (Wildman–Crippen LogP) is 3.42. The number of nitrogens with two attached hydrogens (primary N) is 1. The third-order valence-corrected chi connectivity index (χ3v) is 7.87. The number of primary amides is 1. The van der Waals surface area contributed by atoms with Crippen molar-refractivity contribution in [2.75, 3.05) is 56.2 Å². The van der Waals surface area contributed by atoms with Crippen molar-refractivity contribution in [3.05, 3.63) is 64.2 Å². The number of carbonyl (C=O) groups is 1. The summed E-state index contributed by atoms with van der Waals surface area (Å²) >= 11 is 1.78. The average Bonchev–Trinajstić information content (AvgIpc) is 3.32. The van der Waals surface area contributed by atoms with Gasteiger partial charge in [-0.25, -0.2) is 9.78 Å². The van der Waals surface area contributed by atoms with Gasteiger partial charge in [-0.05, 0) is 41.7 Å². The topological polar surface area (TPSA) is 74.9 Å². The van der Waals surface area contributed by atoms with Crippen molar-refractivity contribution in [1.82, 2.24) is 9.88 Å². The van der Waals surface area contributed by atoms with E-state index in [4.69, 9.17) is 15.5 Å². The van der Waals surface area contributed by atoms with E-state index in [2.05, 4.69) is 46.2 Å². The molecule has 1 atom stereocenters. The third-order valence-electron chi connectivity index (χ3n) is 6.81. The first kappa shape index (κ1) is 22.0. The molecule has 3 heterocycles. The summed E-state index contributed by atoms with van der Waals surface area (Å²) in [6.07, 6.45) is 9.05. The number of urea groups is 1. The molecular formula is C25H31N5O2S. The van der Waals surface area contributed by atoms with Crippen LogP contribution in [-0.4, -0.2) is 68.4 Å². The van der Waals surface area contributed by atoms with Crippen molar-refractivity contribution in [3.63, 3.8) is 0 Å². The first-order chi connectivity index (χ1) is 16.1. The van der Waals surface area contributed by atoms with Gasteiger partial charge in [0.1, 0.15) is 0 Å². The van der Waals surface area contributed by atoms with Crippen molar-refractivity contribution in [3.8, 4) is 0 Å². The van der Waals surface area contributed by atoms with Gasteiger partial charge in [0, 0.05) is 56.4 Å². The molecule has 0 bridgehead atoms. The Bertz CT molecular complexity index is 1060. The van der Waals surface area contributed by atoms with Crippen molar-refractivity contribution >= 4 is 28.2 Å². The summed E-state index contributed by atoms with van der Waals surface area (Å²) in [5.74, 6) is 0. The Morgan fingerprint density at radius 1 is 1.21 bits per heavy atom. The fraction of sp³-hybridized carbons (Fsp3) is 0.440. The highest BCUT2D eigenvalue weighted by Crippen LogP contribution is 2.33. The Morgan fingerprint density at radius 3 is 2.76 bits per heavy atom. The van der Waals surface area contributed by atoms with E-state index < -0.39 is 0 Å². The maximum Gasteiger partial charge on any atom is 0.315 e. The summed E-state index contributed by atoms with van der Waals surface area (Å²) in [6.45, 7) is 5.37. The second-order valence-corrected chi connectivity index (χ2v) is 10.0. The zero-order chi connectivity index (χ0) is 22.8. The fourth-order valence-electron chi connectivity index (χ4n) is 4.75. The van der Waals surface area contributed by atoms with Gasteiger partial charge in [0.15, 0.2) is 5.13 Å². The smallest absolute Gasteiger partial charge is 0.315 e. The first-order valence-corrected chi connectivity index (χ1v) is 12.4. The first-order valence-electron chi connectivity index (χ1n) is 11.6. The molecule has 2 amide bonds. The largest absolute Gasteiger partial charge is 0.378 e. The number of allylic oxidation sites excluding steroid dienone is 1. The van der Waals surface area contributed by atoms with Crippen LogP contribution in [0.25, 0.3) is 0 Å². The van der Waals surface area contributed by atoms with Gasteiger partial charge >= 0.3 is 6.03 Å². The molecule has 1 saturated heterocycles. The van der Waals surface area contributed by atoms with Gasteiger partial charge in [0.2, 0.25) is 0 Å². The van der Waals surface area contributed by atoms with Crippen molar-refractivity contribution < 1.29 is 9.53 Å². The summed E-state index contributed by atoms with van der Waals surface area (Å²) in [6, 6.07) is 8.55. The molecule has 0 saturated carbocycles. The molecule has 2 aromatic rings. The standard InChI is InChI=1S/C25H31N5O2S/c1-28(24(26)31)22-7-4-19-8-9-30(17-20(19)15-22)25-27-16-23(33-25)14-18-2-5-21(6-3-18)29-10-12-32-13-11-29/h2-7,16,22H,8-15,17H2,1H3,(H2,26,31). The van der Waals surface area contributed by atoms with Crippen LogP contribution in [0, 0.1) is 0 Å². The number of hydrogen-bond acceptors (Lipinski definition) is 6. The molecule has 5 rings (SSSR count). The van der Waals surface area contributed by atoms with Crippen LogP contribution >= 0.6 is 11.3 Å². The quantitative estimate of drug-likeness (QED) is 0.732. The SMILES string of the molecule is CN(C(N)=O)C1C=CC2=C(C1)CN(c1ncc(Cc3ccc(N4CCOCC4)cc3)s1)CC2. The lowest BCUT2D eigenvalue weighted by atomic mass is 9.89. The normalized spacial score (nSPS) is 20.7. The summed E-state index contributed by atoms with van der Waals surface area (Å²) in [4.78, 5) is 24.0. The van der Waals surface area contributed by atoms with Crippen LogP contribution in [0.1, 0.15) is 23.3 Å². The maximum absolute atomic E-state index is 11.6. The fourth-order valence-corrected chi connectivity index (χ4v) is 5.72. The van der Waals surface area contributed by atoms with Crippen LogP contribution in [0.15, 0.2) is 53.8 Å². The molecule has 1 fully saturated rings. The highest BCUT2D eigenvalue weighted by molar-refractivity contribution is 7.15. The molecule has 33 heavy (non-hydrogen) atoms. The highest BCUT2D eigenvalue weighted by Gasteiger charge is 2.27. The molecule has 8 heteroatoms. The van der Waals surface area contributed by atoms with Gasteiger partial charge in [0.05, 0.1) is 19.3 Å². The number of ether oxygens (including phenoxy) is 1. The van der Waals surface area contributed by atoms with Gasteiger partial charge in [0.25, 0.3) is 0 Å². The maximum atomic E-state index is 11.6. The number of rotatable bonds is 5. The number of hydrogen-bond donors (Lipinski definition) is 1. The number of likely N-dealkylation sites (N-methyl/N-ethyl adjacent to an activating group) is 1. The van der Waals surface area contributed by atoms with Gasteiger partial charge in [-0.3, -0.25) is 0 Å². The lowest BCUT2D eigenvalue weighted by molar-refractivity contribution is 0.122. The van der Waals surface area contributed by atoms with Crippen molar-refractivity contribution in [2.45, 2.75) is 25.3 Å². The molecule has 1 aromatic heterocycles. The highest BCUT2D eigenvalue weighted by atomic mass is 32.1. The van der Waals surface area contributed by atoms with Crippen LogP contribution in [0.5, 0.6) is 0 Å². The van der Waals surface area contributed by atoms with Crippen molar-refractivity contribution in [1.29, 1.82) is 0 Å². The van der Waals surface area contributed by atoms with Gasteiger partial charge < -0.3 is 25.2 Å². The molecule has 2 aliphatic heterocycles. The van der Waals surface area contributed by atoms with E-state index in [1.165, 1.54) is 27.3 Å².